The fourth-order valence-electron chi connectivity index (χ4n) is 4.04. The fourth-order valence-corrected chi connectivity index (χ4v) is 4.04. The highest BCUT2D eigenvalue weighted by molar-refractivity contribution is 5.97. The second-order valence-corrected chi connectivity index (χ2v) is 6.59. The molecule has 2 bridgehead atoms. The first-order valence-corrected chi connectivity index (χ1v) is 7.99. The second-order valence-electron chi connectivity index (χ2n) is 6.59. The average molecular weight is 299 g/mol. The summed E-state index contributed by atoms with van der Waals surface area (Å²) in [6.07, 6.45) is 7.88. The minimum Gasteiger partial charge on any atom is -0.459 e. The molecule has 5 heteroatoms. The Hall–Kier alpha value is -1.88. The van der Waals surface area contributed by atoms with Gasteiger partial charge in [0.2, 0.25) is 0 Å². The molecule has 2 saturated heterocycles. The van der Waals surface area contributed by atoms with E-state index >= 15 is 0 Å². The number of nitrogens with zero attached hydrogens (tertiary/aromatic N) is 3. The van der Waals surface area contributed by atoms with Gasteiger partial charge in [0.25, 0.3) is 0 Å². The molecule has 0 radical (unpaired) electrons. The molecule has 0 amide bonds. The van der Waals surface area contributed by atoms with Crippen molar-refractivity contribution in [3.63, 3.8) is 0 Å². The normalized spacial score (nSPS) is 28.2. The van der Waals surface area contributed by atoms with Gasteiger partial charge in [-0.1, -0.05) is 6.07 Å². The van der Waals surface area contributed by atoms with Gasteiger partial charge in [0.15, 0.2) is 0 Å². The third-order valence-corrected chi connectivity index (χ3v) is 5.29. The van der Waals surface area contributed by atoms with Gasteiger partial charge in [-0.15, -0.1) is 0 Å². The summed E-state index contributed by atoms with van der Waals surface area (Å²) >= 11 is 0. The van der Waals surface area contributed by atoms with Crippen LogP contribution >= 0.6 is 0 Å². The molecule has 2 fully saturated rings. The molecule has 4 heterocycles. The third kappa shape index (κ3) is 2.11. The van der Waals surface area contributed by atoms with Crippen molar-refractivity contribution in [2.75, 3.05) is 7.05 Å². The van der Waals surface area contributed by atoms with Crippen LogP contribution in [0.4, 0.5) is 0 Å². The van der Waals surface area contributed by atoms with E-state index in [0.717, 1.165) is 23.9 Å². The fraction of sp³-hybridized carbons (Fsp3) is 0.529. The van der Waals surface area contributed by atoms with E-state index in [9.17, 15) is 4.79 Å². The number of esters is 1. The van der Waals surface area contributed by atoms with Gasteiger partial charge in [-0.25, -0.2) is 9.31 Å². The summed E-state index contributed by atoms with van der Waals surface area (Å²) in [5.74, 6) is -0.238. The van der Waals surface area contributed by atoms with Crippen LogP contribution in [-0.4, -0.2) is 45.7 Å². The zero-order valence-electron chi connectivity index (χ0n) is 13.0. The number of hydrogen-bond donors (Lipinski definition) is 0. The molecule has 116 valence electrons. The maximum atomic E-state index is 12.6. The Morgan fingerprint density at radius 3 is 2.77 bits per heavy atom. The molecule has 2 atom stereocenters. The van der Waals surface area contributed by atoms with E-state index in [2.05, 4.69) is 17.0 Å². The maximum absolute atomic E-state index is 12.6. The minimum atomic E-state index is -0.238. The lowest BCUT2D eigenvalue weighted by Gasteiger charge is -2.35. The number of piperidine rings is 1. The van der Waals surface area contributed by atoms with Crippen LogP contribution in [0.3, 0.4) is 0 Å². The van der Waals surface area contributed by atoms with Crippen molar-refractivity contribution >= 4 is 11.5 Å². The van der Waals surface area contributed by atoms with Crippen LogP contribution in [0.2, 0.25) is 0 Å². The predicted octanol–water partition coefficient (Wildman–Crippen LogP) is 2.42. The highest BCUT2D eigenvalue weighted by Gasteiger charge is 2.40. The van der Waals surface area contributed by atoms with Crippen molar-refractivity contribution in [1.82, 2.24) is 14.5 Å². The highest BCUT2D eigenvalue weighted by Crippen LogP contribution is 2.35. The maximum Gasteiger partial charge on any atom is 0.342 e. The topological polar surface area (TPSA) is 46.8 Å². The van der Waals surface area contributed by atoms with Crippen molar-refractivity contribution in [1.29, 1.82) is 0 Å². The number of carbonyl (C=O) groups is 1. The van der Waals surface area contributed by atoms with Crippen molar-refractivity contribution < 1.29 is 9.53 Å². The molecular weight excluding hydrogens is 278 g/mol. The standard InChI is InChI=1S/C17H21N3O2/c1-11-4-3-7-20-16(11)15(10-18-20)17(21)22-14-8-12-5-6-13(9-14)19(12)2/h3-4,7,10,12-14H,5-6,8-9H2,1-2H3. The van der Waals surface area contributed by atoms with Crippen molar-refractivity contribution in [3.8, 4) is 0 Å². The number of rotatable bonds is 2. The number of ether oxygens (including phenoxy) is 1. The van der Waals surface area contributed by atoms with Crippen LogP contribution in [0.5, 0.6) is 0 Å². The number of carbonyl (C=O) groups excluding carboxylic acids is 1. The Bertz CT molecular complexity index is 710. The Labute approximate surface area is 129 Å². The van der Waals surface area contributed by atoms with Crippen LogP contribution in [0.1, 0.15) is 41.6 Å². The summed E-state index contributed by atoms with van der Waals surface area (Å²) in [6, 6.07) is 5.06. The monoisotopic (exact) mass is 299 g/mol. The molecule has 0 aliphatic carbocycles. The van der Waals surface area contributed by atoms with Crippen molar-refractivity contribution in [2.24, 2.45) is 0 Å². The van der Waals surface area contributed by atoms with E-state index in [4.69, 9.17) is 4.74 Å². The van der Waals surface area contributed by atoms with Crippen LogP contribution in [0.25, 0.3) is 5.52 Å². The average Bonchev–Trinajstić information content (AvgIpc) is 2.99. The van der Waals surface area contributed by atoms with Gasteiger partial charge in [-0.05, 0) is 38.4 Å². The molecule has 0 saturated carbocycles. The lowest BCUT2D eigenvalue weighted by molar-refractivity contribution is -0.000273. The van der Waals surface area contributed by atoms with Crippen LogP contribution in [-0.2, 0) is 4.74 Å². The van der Waals surface area contributed by atoms with Crippen LogP contribution in [0.15, 0.2) is 24.5 Å². The molecule has 0 spiro atoms. The summed E-state index contributed by atoms with van der Waals surface area (Å²) in [5.41, 5.74) is 2.46. The zero-order valence-corrected chi connectivity index (χ0v) is 13.0. The first-order chi connectivity index (χ1) is 10.6. The first kappa shape index (κ1) is 13.8. The zero-order chi connectivity index (χ0) is 15.3. The van der Waals surface area contributed by atoms with E-state index in [1.165, 1.54) is 12.8 Å². The molecular formula is C17H21N3O2. The van der Waals surface area contributed by atoms with Crippen LogP contribution < -0.4 is 0 Å². The Balaban J connectivity index is 1.55. The summed E-state index contributed by atoms with van der Waals surface area (Å²) in [7, 11) is 2.19. The number of aromatic nitrogens is 2. The number of pyridine rings is 1. The highest BCUT2D eigenvalue weighted by atomic mass is 16.5. The summed E-state index contributed by atoms with van der Waals surface area (Å²) in [4.78, 5) is 15.0. The SMILES string of the molecule is Cc1cccn2ncc(C(=O)OC3CC4CCC(C3)N4C)c12. The minimum absolute atomic E-state index is 0.0418. The molecule has 2 aliphatic heterocycles. The smallest absolute Gasteiger partial charge is 0.342 e. The van der Waals surface area contributed by atoms with Crippen molar-refractivity contribution in [3.05, 3.63) is 35.7 Å². The predicted molar refractivity (Wildman–Crippen MR) is 82.9 cm³/mol. The summed E-state index contributed by atoms with van der Waals surface area (Å²) < 4.78 is 7.55. The third-order valence-electron chi connectivity index (χ3n) is 5.29. The molecule has 2 aliphatic rings. The van der Waals surface area contributed by atoms with Gasteiger partial charge in [0.1, 0.15) is 11.7 Å². The van der Waals surface area contributed by atoms with E-state index in [1.54, 1.807) is 10.7 Å². The lowest BCUT2D eigenvalue weighted by atomic mass is 10.0. The van der Waals surface area contributed by atoms with Gasteiger partial charge in [-0.3, -0.25) is 0 Å². The first-order valence-electron chi connectivity index (χ1n) is 7.99. The quantitative estimate of drug-likeness (QED) is 0.799. The molecule has 5 nitrogen and oxygen atoms in total. The lowest BCUT2D eigenvalue weighted by Crippen LogP contribution is -2.43. The molecule has 22 heavy (non-hydrogen) atoms. The Kier molecular flexibility index (Phi) is 3.18. The van der Waals surface area contributed by atoms with E-state index in [0.29, 0.717) is 17.6 Å². The molecule has 2 aromatic rings. The molecule has 4 rings (SSSR count). The summed E-state index contributed by atoms with van der Waals surface area (Å²) in [6.45, 7) is 1.99. The second kappa shape index (κ2) is 5.09. The molecule has 0 aromatic carbocycles. The molecule has 2 unspecified atom stereocenters. The van der Waals surface area contributed by atoms with Gasteiger partial charge >= 0.3 is 5.97 Å². The van der Waals surface area contributed by atoms with Crippen LogP contribution in [0, 0.1) is 6.92 Å². The molecule has 2 aromatic heterocycles. The van der Waals surface area contributed by atoms with E-state index in [1.807, 2.05) is 25.3 Å². The number of fused-ring (bicyclic) bond motifs is 3. The number of aryl methyl sites for hydroxylation is 1. The number of hydrogen-bond acceptors (Lipinski definition) is 4. The largest absolute Gasteiger partial charge is 0.459 e. The van der Waals surface area contributed by atoms with Gasteiger partial charge in [0, 0.05) is 31.1 Å². The van der Waals surface area contributed by atoms with Crippen molar-refractivity contribution in [2.45, 2.75) is 50.8 Å². The van der Waals surface area contributed by atoms with Gasteiger partial charge in [0.05, 0.1) is 11.7 Å². The molecule has 0 N–H and O–H groups in total. The van der Waals surface area contributed by atoms with E-state index < -0.39 is 0 Å². The summed E-state index contributed by atoms with van der Waals surface area (Å²) in [5, 5.41) is 4.26. The van der Waals surface area contributed by atoms with E-state index in [-0.39, 0.29) is 12.1 Å². The Morgan fingerprint density at radius 1 is 1.32 bits per heavy atom. The van der Waals surface area contributed by atoms with Gasteiger partial charge in [-0.2, -0.15) is 5.10 Å². The van der Waals surface area contributed by atoms with Gasteiger partial charge < -0.3 is 9.64 Å². The Morgan fingerprint density at radius 2 is 2.05 bits per heavy atom.